The van der Waals surface area contributed by atoms with Crippen LogP contribution in [0.15, 0.2) is 53.7 Å². The zero-order valence-electron chi connectivity index (χ0n) is 17.3. The first-order valence-electron chi connectivity index (χ1n) is 9.97. The second kappa shape index (κ2) is 9.83. The molecule has 0 radical (unpaired) electrons. The third kappa shape index (κ3) is 6.05. The van der Waals surface area contributed by atoms with Crippen LogP contribution in [0.5, 0.6) is 0 Å². The minimum absolute atomic E-state index is 0.00939. The topological polar surface area (TPSA) is 114 Å². The first-order chi connectivity index (χ1) is 15.5. The molecule has 0 aliphatic carbocycles. The summed E-state index contributed by atoms with van der Waals surface area (Å²) in [6, 6.07) is 8.15. The highest BCUT2D eigenvalue weighted by Gasteiger charge is 2.38. The van der Waals surface area contributed by atoms with E-state index in [1.54, 1.807) is 0 Å². The number of hydrogen-bond acceptors (Lipinski definition) is 6. The van der Waals surface area contributed by atoms with Gasteiger partial charge in [0.2, 0.25) is 15.9 Å². The highest BCUT2D eigenvalue weighted by Crippen LogP contribution is 2.28. The number of halogens is 3. The number of carbonyl (C=O) groups is 1. The molecule has 1 aliphatic rings. The van der Waals surface area contributed by atoms with Crippen LogP contribution in [0.1, 0.15) is 18.4 Å². The molecule has 13 heteroatoms. The molecule has 2 aromatic rings. The zero-order chi connectivity index (χ0) is 24.2. The van der Waals surface area contributed by atoms with Gasteiger partial charge in [0.25, 0.3) is 5.69 Å². The fraction of sp³-hybridized carbons (Fsp3) is 0.400. The Bertz CT molecular complexity index is 1100. The molecule has 0 saturated carbocycles. The second-order valence-electron chi connectivity index (χ2n) is 7.56. The number of aromatic nitrogens is 1. The Hall–Kier alpha value is -3.06. The number of hydrogen-bond donors (Lipinski definition) is 0. The molecule has 0 spiro atoms. The highest BCUT2D eigenvalue weighted by molar-refractivity contribution is 7.89. The Morgan fingerprint density at radius 3 is 2.42 bits per heavy atom. The first-order valence-corrected chi connectivity index (χ1v) is 11.4. The maximum Gasteiger partial charge on any atom is 0.406 e. The van der Waals surface area contributed by atoms with E-state index in [0.717, 1.165) is 6.07 Å². The average molecular weight is 486 g/mol. The Balaban J connectivity index is 1.75. The van der Waals surface area contributed by atoms with Crippen molar-refractivity contribution in [2.24, 2.45) is 5.92 Å². The summed E-state index contributed by atoms with van der Waals surface area (Å²) in [4.78, 5) is 27.8. The van der Waals surface area contributed by atoms with Gasteiger partial charge in [-0.05, 0) is 25.0 Å². The molecule has 33 heavy (non-hydrogen) atoms. The lowest BCUT2D eigenvalue weighted by atomic mass is 9.96. The summed E-state index contributed by atoms with van der Waals surface area (Å²) in [6.07, 6.45) is -2.02. The average Bonchev–Trinajstić information content (AvgIpc) is 2.78. The summed E-state index contributed by atoms with van der Waals surface area (Å²) < 4.78 is 66.1. The Labute approximate surface area is 188 Å². The maximum absolute atomic E-state index is 13.2. The zero-order valence-corrected chi connectivity index (χ0v) is 18.1. The second-order valence-corrected chi connectivity index (χ2v) is 9.50. The summed E-state index contributed by atoms with van der Waals surface area (Å²) in [5.41, 5.74) is -0.397. The van der Waals surface area contributed by atoms with Gasteiger partial charge in [-0.15, -0.1) is 0 Å². The van der Waals surface area contributed by atoms with Crippen LogP contribution < -0.4 is 0 Å². The van der Waals surface area contributed by atoms with E-state index >= 15 is 0 Å². The van der Waals surface area contributed by atoms with Gasteiger partial charge in [0, 0.05) is 43.0 Å². The van der Waals surface area contributed by atoms with E-state index in [-0.39, 0.29) is 42.1 Å². The minimum atomic E-state index is -4.70. The number of alkyl halides is 3. The van der Waals surface area contributed by atoms with E-state index in [0.29, 0.717) is 4.90 Å². The van der Waals surface area contributed by atoms with Crippen molar-refractivity contribution < 1.29 is 31.3 Å². The van der Waals surface area contributed by atoms with Gasteiger partial charge in [-0.2, -0.15) is 17.5 Å². The molecule has 178 valence electrons. The summed E-state index contributed by atoms with van der Waals surface area (Å²) in [7, 11) is -3.83. The summed E-state index contributed by atoms with van der Waals surface area (Å²) in [5, 5.41) is 11.2. The largest absolute Gasteiger partial charge is 0.406 e. The van der Waals surface area contributed by atoms with Crippen LogP contribution >= 0.6 is 0 Å². The molecule has 9 nitrogen and oxygen atoms in total. The number of nitro groups is 1. The first kappa shape index (κ1) is 24.6. The van der Waals surface area contributed by atoms with Gasteiger partial charge in [-0.1, -0.05) is 18.2 Å². The predicted molar refractivity (Wildman–Crippen MR) is 110 cm³/mol. The van der Waals surface area contributed by atoms with Crippen LogP contribution in [0.2, 0.25) is 0 Å². The van der Waals surface area contributed by atoms with Crippen LogP contribution in [-0.4, -0.2) is 59.2 Å². The van der Waals surface area contributed by atoms with Crippen molar-refractivity contribution >= 4 is 21.6 Å². The number of amides is 1. The summed E-state index contributed by atoms with van der Waals surface area (Å²) >= 11 is 0. The number of nitrogens with zero attached hydrogens (tertiary/aromatic N) is 4. The number of piperidine rings is 1. The van der Waals surface area contributed by atoms with Crippen LogP contribution in [0.3, 0.4) is 0 Å². The van der Waals surface area contributed by atoms with Crippen LogP contribution in [0.25, 0.3) is 0 Å². The van der Waals surface area contributed by atoms with Crippen molar-refractivity contribution in [1.29, 1.82) is 0 Å². The van der Waals surface area contributed by atoms with Gasteiger partial charge in [0.15, 0.2) is 0 Å². The van der Waals surface area contributed by atoms with Gasteiger partial charge in [0.1, 0.15) is 11.4 Å². The van der Waals surface area contributed by atoms with Gasteiger partial charge in [-0.25, -0.2) is 8.42 Å². The minimum Gasteiger partial charge on any atom is -0.329 e. The van der Waals surface area contributed by atoms with E-state index in [2.05, 4.69) is 4.98 Å². The Morgan fingerprint density at radius 1 is 1.18 bits per heavy atom. The summed E-state index contributed by atoms with van der Waals surface area (Å²) in [5.74, 6) is -1.65. The number of benzene rings is 1. The number of para-hydroxylation sites is 1. The fourth-order valence-corrected chi connectivity index (χ4v) is 5.14. The van der Waals surface area contributed by atoms with E-state index in [9.17, 15) is 36.5 Å². The van der Waals surface area contributed by atoms with Gasteiger partial charge < -0.3 is 4.90 Å². The lowest BCUT2D eigenvalue weighted by Crippen LogP contribution is -2.46. The molecule has 2 heterocycles. The summed E-state index contributed by atoms with van der Waals surface area (Å²) in [6.45, 7) is -2.23. The van der Waals surface area contributed by atoms with E-state index in [1.807, 2.05) is 0 Å². The molecular weight excluding hydrogens is 465 g/mol. The van der Waals surface area contributed by atoms with Crippen LogP contribution in [0.4, 0.5) is 18.9 Å². The predicted octanol–water partition coefficient (Wildman–Crippen LogP) is 2.98. The quantitative estimate of drug-likeness (QED) is 0.439. The molecule has 1 saturated heterocycles. The molecule has 1 aromatic heterocycles. The smallest absolute Gasteiger partial charge is 0.329 e. The molecular formula is C20H21F3N4O5S. The molecule has 1 aliphatic heterocycles. The van der Waals surface area contributed by atoms with Crippen molar-refractivity contribution in [2.45, 2.75) is 30.5 Å². The van der Waals surface area contributed by atoms with E-state index < -0.39 is 46.0 Å². The molecule has 1 amide bonds. The number of sulfonamides is 1. The van der Waals surface area contributed by atoms with Crippen molar-refractivity contribution in [1.82, 2.24) is 14.2 Å². The number of carbonyl (C=O) groups excluding carboxylic acids is 1. The van der Waals surface area contributed by atoms with E-state index in [4.69, 9.17) is 0 Å². The third-order valence-corrected chi connectivity index (χ3v) is 7.19. The van der Waals surface area contributed by atoms with Gasteiger partial charge in [0.05, 0.1) is 11.5 Å². The molecule has 1 aromatic carbocycles. The number of nitro benzene ring substituents is 1. The SMILES string of the molecule is O=C(C1CCN(S(=O)(=O)c2cccnc2)CC1)N(Cc1ccccc1[N+](=O)[O-])CC(F)(F)F. The molecule has 0 bridgehead atoms. The van der Waals surface area contributed by atoms with Gasteiger partial charge >= 0.3 is 6.18 Å². The van der Waals surface area contributed by atoms with Gasteiger partial charge in [-0.3, -0.25) is 19.9 Å². The lowest BCUT2D eigenvalue weighted by Gasteiger charge is -2.34. The van der Waals surface area contributed by atoms with Crippen LogP contribution in [-0.2, 0) is 21.4 Å². The Morgan fingerprint density at radius 2 is 1.85 bits per heavy atom. The highest BCUT2D eigenvalue weighted by atomic mass is 32.2. The molecule has 0 unspecified atom stereocenters. The molecule has 1 fully saturated rings. The standard InChI is InChI=1S/C20H21F3N4O5S/c21-20(22,23)14-25(13-16-4-1-2-6-18(16)27(29)30)19(28)15-7-10-26(11-8-15)33(31,32)17-5-3-9-24-12-17/h1-6,9,12,15H,7-8,10-11,13-14H2. The van der Waals surface area contributed by atoms with E-state index in [1.165, 1.54) is 47.0 Å². The fourth-order valence-electron chi connectivity index (χ4n) is 3.71. The lowest BCUT2D eigenvalue weighted by molar-refractivity contribution is -0.385. The normalized spacial score (nSPS) is 15.8. The van der Waals surface area contributed by atoms with Crippen molar-refractivity contribution in [2.75, 3.05) is 19.6 Å². The van der Waals surface area contributed by atoms with Crippen molar-refractivity contribution in [3.63, 3.8) is 0 Å². The monoisotopic (exact) mass is 486 g/mol. The third-order valence-electron chi connectivity index (χ3n) is 5.31. The van der Waals surface area contributed by atoms with Crippen molar-refractivity contribution in [3.8, 4) is 0 Å². The van der Waals surface area contributed by atoms with Crippen LogP contribution in [0, 0.1) is 16.0 Å². The maximum atomic E-state index is 13.2. The molecule has 0 N–H and O–H groups in total. The Kier molecular flexibility index (Phi) is 7.32. The molecule has 0 atom stereocenters. The molecule has 3 rings (SSSR count). The van der Waals surface area contributed by atoms with Crippen molar-refractivity contribution in [3.05, 3.63) is 64.5 Å². The number of pyridine rings is 1. The number of rotatable bonds is 7.